The van der Waals surface area contributed by atoms with E-state index in [9.17, 15) is 25.2 Å². The third-order valence-corrected chi connectivity index (χ3v) is 8.64. The molecule has 1 fully saturated rings. The second-order valence-corrected chi connectivity index (χ2v) is 12.4. The number of hydrogen-bond donors (Lipinski definition) is 4. The van der Waals surface area contributed by atoms with Crippen LogP contribution >= 0.6 is 0 Å². The van der Waals surface area contributed by atoms with Gasteiger partial charge in [0.25, 0.3) is 0 Å². The zero-order chi connectivity index (χ0) is 29.2. The lowest BCUT2D eigenvalue weighted by molar-refractivity contribution is -0.139. The van der Waals surface area contributed by atoms with Crippen LogP contribution in [0, 0.1) is 0 Å². The highest BCUT2D eigenvalue weighted by Crippen LogP contribution is 2.28. The fraction of sp³-hybridized carbons (Fsp3) is 0.909. The summed E-state index contributed by atoms with van der Waals surface area (Å²) in [5, 5.41) is 41.2. The fourth-order valence-electron chi connectivity index (χ4n) is 6.05. The summed E-state index contributed by atoms with van der Waals surface area (Å²) in [5.41, 5.74) is 0.615. The average Bonchev–Trinajstić information content (AvgIpc) is 3.53. The summed E-state index contributed by atoms with van der Waals surface area (Å²) in [6.07, 6.45) is 19.8. The van der Waals surface area contributed by atoms with Crippen LogP contribution in [0.2, 0.25) is 0 Å². The maximum atomic E-state index is 11.6. The molecule has 234 valence electrons. The lowest BCUT2D eigenvalue weighted by Gasteiger charge is -2.22. The van der Waals surface area contributed by atoms with Crippen LogP contribution in [0.1, 0.15) is 149 Å². The number of aliphatic hydroxyl groups is 4. The van der Waals surface area contributed by atoms with Gasteiger partial charge in [-0.15, -0.1) is 0 Å². The maximum Gasteiger partial charge on any atom is 0.334 e. The molecular weight excluding hydrogens is 508 g/mol. The highest BCUT2D eigenvalue weighted by atomic mass is 16.5. The first-order chi connectivity index (χ1) is 19.3. The molecule has 0 radical (unpaired) electrons. The molecule has 40 heavy (non-hydrogen) atoms. The molecule has 2 aliphatic rings. The first-order valence-corrected chi connectivity index (χ1v) is 16.6. The van der Waals surface area contributed by atoms with Crippen LogP contribution in [0.5, 0.6) is 0 Å². The van der Waals surface area contributed by atoms with Crippen molar-refractivity contribution in [1.29, 1.82) is 0 Å². The van der Waals surface area contributed by atoms with Crippen LogP contribution in [0.4, 0.5) is 0 Å². The van der Waals surface area contributed by atoms with Crippen LogP contribution in [0.15, 0.2) is 11.6 Å². The Labute approximate surface area is 243 Å². The van der Waals surface area contributed by atoms with E-state index < -0.39 is 24.4 Å². The Morgan fingerprint density at radius 1 is 0.775 bits per heavy atom. The second-order valence-electron chi connectivity index (χ2n) is 12.4. The standard InChI is InChI=1S/C33H60O7/c1-3-4-5-10-15-18-29(35)30(36)20-21-31(37)32-22-19-28(40-32)17-14-12-9-7-6-8-11-13-16-27(34)24-26-23-25(2)39-33(26)38/h23,25,27-32,34-37H,3-22,24H2,1-2H3/t25-,27+,28+,29+,30-,31-,32-/m0/s1. The molecule has 2 rings (SSSR count). The van der Waals surface area contributed by atoms with Gasteiger partial charge < -0.3 is 29.9 Å². The first kappa shape index (κ1) is 35.2. The van der Waals surface area contributed by atoms with E-state index in [0.29, 0.717) is 31.3 Å². The second kappa shape index (κ2) is 20.8. The number of rotatable bonds is 24. The normalized spacial score (nSPS) is 24.1. The van der Waals surface area contributed by atoms with Gasteiger partial charge in [-0.25, -0.2) is 4.79 Å². The molecule has 7 nitrogen and oxygen atoms in total. The number of unbranched alkanes of at least 4 members (excludes halogenated alkanes) is 11. The lowest BCUT2D eigenvalue weighted by Crippen LogP contribution is -2.31. The molecule has 0 aromatic heterocycles. The molecule has 0 bridgehead atoms. The summed E-state index contributed by atoms with van der Waals surface area (Å²) < 4.78 is 11.2. The van der Waals surface area contributed by atoms with Crippen molar-refractivity contribution >= 4 is 5.97 Å². The predicted molar refractivity (Wildman–Crippen MR) is 159 cm³/mol. The van der Waals surface area contributed by atoms with Gasteiger partial charge in [0.1, 0.15) is 6.10 Å². The smallest absolute Gasteiger partial charge is 0.334 e. The predicted octanol–water partition coefficient (Wildman–Crippen LogP) is 6.28. The van der Waals surface area contributed by atoms with E-state index in [0.717, 1.165) is 57.8 Å². The molecule has 2 heterocycles. The van der Waals surface area contributed by atoms with Gasteiger partial charge in [-0.3, -0.25) is 0 Å². The van der Waals surface area contributed by atoms with Crippen molar-refractivity contribution in [3.63, 3.8) is 0 Å². The Bertz CT molecular complexity index is 696. The van der Waals surface area contributed by atoms with Crippen LogP contribution in [0.3, 0.4) is 0 Å². The van der Waals surface area contributed by atoms with Crippen molar-refractivity contribution in [2.45, 2.75) is 191 Å². The minimum Gasteiger partial charge on any atom is -0.455 e. The van der Waals surface area contributed by atoms with Gasteiger partial charge >= 0.3 is 5.97 Å². The number of carbonyl (C=O) groups excluding carboxylic acids is 1. The van der Waals surface area contributed by atoms with Crippen LogP contribution in [-0.2, 0) is 14.3 Å². The third-order valence-electron chi connectivity index (χ3n) is 8.64. The Morgan fingerprint density at radius 3 is 2.02 bits per heavy atom. The summed E-state index contributed by atoms with van der Waals surface area (Å²) in [6.45, 7) is 4.02. The Kier molecular flexibility index (Phi) is 18.3. The Hall–Kier alpha value is -0.990. The SMILES string of the molecule is CCCCCCC[C@@H](O)[C@@H](O)CC[C@H](O)[C@@H]1CC[C@@H](CCCCCCCCCC[C@@H](O)CC2=C[C@H](C)OC2=O)O1. The van der Waals surface area contributed by atoms with Crippen LogP contribution < -0.4 is 0 Å². The molecule has 0 spiro atoms. The van der Waals surface area contributed by atoms with Crippen molar-refractivity contribution in [2.75, 3.05) is 0 Å². The number of hydrogen-bond acceptors (Lipinski definition) is 7. The van der Waals surface area contributed by atoms with Gasteiger partial charge in [0.05, 0.1) is 36.6 Å². The van der Waals surface area contributed by atoms with Crippen molar-refractivity contribution in [3.8, 4) is 0 Å². The molecule has 2 aliphatic heterocycles. The molecule has 0 amide bonds. The summed E-state index contributed by atoms with van der Waals surface area (Å²) in [5.74, 6) is -0.282. The summed E-state index contributed by atoms with van der Waals surface area (Å²) in [7, 11) is 0. The maximum absolute atomic E-state index is 11.6. The average molecular weight is 569 g/mol. The Morgan fingerprint density at radius 2 is 1.38 bits per heavy atom. The fourth-order valence-corrected chi connectivity index (χ4v) is 6.05. The van der Waals surface area contributed by atoms with Crippen molar-refractivity contribution in [1.82, 2.24) is 0 Å². The topological polar surface area (TPSA) is 116 Å². The first-order valence-electron chi connectivity index (χ1n) is 16.6. The number of carbonyl (C=O) groups is 1. The van der Waals surface area contributed by atoms with E-state index in [1.807, 2.05) is 13.0 Å². The zero-order valence-electron chi connectivity index (χ0n) is 25.5. The molecule has 0 unspecified atom stereocenters. The molecule has 1 saturated heterocycles. The van der Waals surface area contributed by atoms with Gasteiger partial charge in [0.2, 0.25) is 0 Å². The number of aliphatic hydroxyl groups excluding tert-OH is 4. The minimum absolute atomic E-state index is 0.144. The highest BCUT2D eigenvalue weighted by Gasteiger charge is 2.31. The molecule has 4 N–H and O–H groups in total. The molecule has 0 aromatic rings. The van der Waals surface area contributed by atoms with E-state index >= 15 is 0 Å². The lowest BCUT2D eigenvalue weighted by atomic mass is 9.98. The van der Waals surface area contributed by atoms with Gasteiger partial charge in [-0.2, -0.15) is 0 Å². The van der Waals surface area contributed by atoms with Gasteiger partial charge in [-0.1, -0.05) is 90.4 Å². The number of ether oxygens (including phenoxy) is 2. The van der Waals surface area contributed by atoms with Crippen LogP contribution in [-0.4, -0.2) is 69.1 Å². The summed E-state index contributed by atoms with van der Waals surface area (Å²) >= 11 is 0. The zero-order valence-corrected chi connectivity index (χ0v) is 25.5. The molecule has 0 aromatic carbocycles. The Balaban J connectivity index is 1.40. The summed E-state index contributed by atoms with van der Waals surface area (Å²) in [6, 6.07) is 0. The van der Waals surface area contributed by atoms with Gasteiger partial charge in [0.15, 0.2) is 0 Å². The third kappa shape index (κ3) is 14.8. The summed E-state index contributed by atoms with van der Waals surface area (Å²) in [4.78, 5) is 11.6. The molecule has 7 heteroatoms. The molecule has 0 saturated carbocycles. The van der Waals surface area contributed by atoms with E-state index in [1.54, 1.807) is 0 Å². The number of cyclic esters (lactones) is 1. The largest absolute Gasteiger partial charge is 0.455 e. The van der Waals surface area contributed by atoms with Gasteiger partial charge in [0, 0.05) is 12.0 Å². The van der Waals surface area contributed by atoms with Gasteiger partial charge in [-0.05, 0) is 57.9 Å². The van der Waals surface area contributed by atoms with Crippen LogP contribution in [0.25, 0.3) is 0 Å². The molecular formula is C33H60O7. The number of esters is 1. The quantitative estimate of drug-likeness (QED) is 0.0800. The monoisotopic (exact) mass is 568 g/mol. The van der Waals surface area contributed by atoms with E-state index in [-0.39, 0.29) is 24.3 Å². The highest BCUT2D eigenvalue weighted by molar-refractivity contribution is 5.90. The van der Waals surface area contributed by atoms with Crippen molar-refractivity contribution in [3.05, 3.63) is 11.6 Å². The molecule has 0 aliphatic carbocycles. The molecule has 7 atom stereocenters. The van der Waals surface area contributed by atoms with E-state index in [2.05, 4.69) is 6.92 Å². The van der Waals surface area contributed by atoms with E-state index in [1.165, 1.54) is 51.4 Å². The van der Waals surface area contributed by atoms with E-state index in [4.69, 9.17) is 9.47 Å². The minimum atomic E-state index is -0.768. The van der Waals surface area contributed by atoms with Crippen molar-refractivity contribution < 1.29 is 34.7 Å². The van der Waals surface area contributed by atoms with Crippen molar-refractivity contribution in [2.24, 2.45) is 0 Å².